The topological polar surface area (TPSA) is 42.0 Å². The van der Waals surface area contributed by atoms with E-state index in [4.69, 9.17) is 11.6 Å². The molecule has 5 heteroatoms. The van der Waals surface area contributed by atoms with Gasteiger partial charge in [-0.15, -0.1) is 0 Å². The Hall–Kier alpha value is -1.39. The minimum atomic E-state index is -0.121. The Morgan fingerprint density at radius 1 is 1.41 bits per heavy atom. The summed E-state index contributed by atoms with van der Waals surface area (Å²) < 4.78 is 0. The molecule has 0 aliphatic carbocycles. The van der Waals surface area contributed by atoms with Crippen molar-refractivity contribution in [1.29, 1.82) is 0 Å². The van der Waals surface area contributed by atoms with Gasteiger partial charge in [0.25, 0.3) is 0 Å². The fourth-order valence-corrected chi connectivity index (χ4v) is 2.83. The molecule has 0 spiro atoms. The number of carbonyl (C=O) groups excluding carboxylic acids is 1. The van der Waals surface area contributed by atoms with E-state index in [9.17, 15) is 4.79 Å². The first-order chi connectivity index (χ1) is 8.08. The van der Waals surface area contributed by atoms with E-state index in [0.717, 1.165) is 16.1 Å². The Morgan fingerprint density at radius 2 is 2.12 bits per heavy atom. The second-order valence-corrected chi connectivity index (χ2v) is 5.00. The van der Waals surface area contributed by atoms with Crippen LogP contribution in [0.3, 0.4) is 0 Å². The minimum Gasteiger partial charge on any atom is -0.302 e. The van der Waals surface area contributed by atoms with Gasteiger partial charge < -0.3 is 5.32 Å². The Bertz CT molecular complexity index is 565. The zero-order valence-electron chi connectivity index (χ0n) is 9.45. The van der Waals surface area contributed by atoms with Gasteiger partial charge in [0.15, 0.2) is 5.13 Å². The van der Waals surface area contributed by atoms with E-state index in [1.807, 2.05) is 31.2 Å². The van der Waals surface area contributed by atoms with Gasteiger partial charge in [-0.25, -0.2) is 4.98 Å². The summed E-state index contributed by atoms with van der Waals surface area (Å²) in [5.41, 5.74) is 1.81. The van der Waals surface area contributed by atoms with E-state index in [0.29, 0.717) is 10.2 Å². The number of thiazole rings is 1. The fraction of sp³-hybridized carbons (Fsp3) is 0.167. The second kappa shape index (κ2) is 4.85. The van der Waals surface area contributed by atoms with Crippen molar-refractivity contribution in [3.63, 3.8) is 0 Å². The lowest BCUT2D eigenvalue weighted by Crippen LogP contribution is -2.04. The summed E-state index contributed by atoms with van der Waals surface area (Å²) in [4.78, 5) is 16.2. The highest BCUT2D eigenvalue weighted by atomic mass is 35.5. The summed E-state index contributed by atoms with van der Waals surface area (Å²) in [6.45, 7) is 3.37. The average Bonchev–Trinajstić information content (AvgIpc) is 2.59. The summed E-state index contributed by atoms with van der Waals surface area (Å²) in [7, 11) is 0. The number of aryl methyl sites for hydroxylation is 1. The molecule has 17 heavy (non-hydrogen) atoms. The SMILES string of the molecule is CC(=O)Nc1nc(C)c(-c2ccccc2Cl)s1. The molecule has 3 nitrogen and oxygen atoms in total. The molecule has 0 atom stereocenters. The van der Waals surface area contributed by atoms with Crippen LogP contribution in [0, 0.1) is 6.92 Å². The van der Waals surface area contributed by atoms with Crippen LogP contribution in [0.1, 0.15) is 12.6 Å². The predicted molar refractivity (Wildman–Crippen MR) is 71.6 cm³/mol. The third-order valence-corrected chi connectivity index (χ3v) is 3.63. The molecule has 0 fully saturated rings. The van der Waals surface area contributed by atoms with Crippen LogP contribution in [-0.4, -0.2) is 10.9 Å². The number of rotatable bonds is 2. The summed E-state index contributed by atoms with van der Waals surface area (Å²) >= 11 is 7.56. The van der Waals surface area contributed by atoms with Gasteiger partial charge in [-0.1, -0.05) is 41.1 Å². The van der Waals surface area contributed by atoms with Gasteiger partial charge in [-0.2, -0.15) is 0 Å². The summed E-state index contributed by atoms with van der Waals surface area (Å²) in [6.07, 6.45) is 0. The molecule has 0 saturated heterocycles. The summed E-state index contributed by atoms with van der Waals surface area (Å²) in [6, 6.07) is 7.60. The molecule has 0 aliphatic heterocycles. The zero-order chi connectivity index (χ0) is 12.4. The zero-order valence-corrected chi connectivity index (χ0v) is 11.0. The van der Waals surface area contributed by atoms with Crippen LogP contribution in [0.4, 0.5) is 5.13 Å². The highest BCUT2D eigenvalue weighted by Crippen LogP contribution is 2.36. The number of hydrogen-bond donors (Lipinski definition) is 1. The number of nitrogens with one attached hydrogen (secondary N) is 1. The normalized spacial score (nSPS) is 10.3. The molecular weight excluding hydrogens is 256 g/mol. The number of halogens is 1. The van der Waals surface area contributed by atoms with Crippen molar-refractivity contribution in [2.75, 3.05) is 5.32 Å². The van der Waals surface area contributed by atoms with Crippen molar-refractivity contribution in [3.8, 4) is 10.4 Å². The number of benzene rings is 1. The van der Waals surface area contributed by atoms with E-state index < -0.39 is 0 Å². The molecule has 0 saturated carbocycles. The Balaban J connectivity index is 2.43. The molecule has 2 rings (SSSR count). The number of nitrogens with zero attached hydrogens (tertiary/aromatic N) is 1. The van der Waals surface area contributed by atoms with Gasteiger partial charge in [0.05, 0.1) is 10.6 Å². The molecule has 0 bridgehead atoms. The molecular formula is C12H11ClN2OS. The van der Waals surface area contributed by atoms with Crippen molar-refractivity contribution in [2.24, 2.45) is 0 Å². The van der Waals surface area contributed by atoms with Crippen LogP contribution in [0.15, 0.2) is 24.3 Å². The van der Waals surface area contributed by atoms with Gasteiger partial charge in [-0.3, -0.25) is 4.79 Å². The summed E-state index contributed by atoms with van der Waals surface area (Å²) in [5, 5.41) is 3.97. The van der Waals surface area contributed by atoms with Crippen molar-refractivity contribution in [2.45, 2.75) is 13.8 Å². The Morgan fingerprint density at radius 3 is 2.76 bits per heavy atom. The molecule has 1 aromatic carbocycles. The molecule has 0 aliphatic rings. The quantitative estimate of drug-likeness (QED) is 0.900. The fourth-order valence-electron chi connectivity index (χ4n) is 1.50. The van der Waals surface area contributed by atoms with Gasteiger partial charge >= 0.3 is 0 Å². The van der Waals surface area contributed by atoms with E-state index in [2.05, 4.69) is 10.3 Å². The van der Waals surface area contributed by atoms with Crippen LogP contribution in [0.2, 0.25) is 5.02 Å². The third-order valence-electron chi connectivity index (χ3n) is 2.20. The molecule has 2 aromatic rings. The minimum absolute atomic E-state index is 0.121. The average molecular weight is 267 g/mol. The van der Waals surface area contributed by atoms with Crippen LogP contribution in [0.25, 0.3) is 10.4 Å². The van der Waals surface area contributed by atoms with Crippen molar-refractivity contribution in [1.82, 2.24) is 4.98 Å². The van der Waals surface area contributed by atoms with Crippen LogP contribution >= 0.6 is 22.9 Å². The highest BCUT2D eigenvalue weighted by molar-refractivity contribution is 7.19. The molecule has 88 valence electrons. The number of anilines is 1. The standard InChI is InChI=1S/C12H11ClN2OS/c1-7-11(9-5-3-4-6-10(9)13)17-12(14-7)15-8(2)16/h3-6H,1-2H3,(H,14,15,16). The van der Waals surface area contributed by atoms with Crippen molar-refractivity contribution < 1.29 is 4.79 Å². The Labute approximate surface area is 108 Å². The largest absolute Gasteiger partial charge is 0.302 e. The first-order valence-corrected chi connectivity index (χ1v) is 6.27. The van der Waals surface area contributed by atoms with Crippen LogP contribution < -0.4 is 5.32 Å². The monoisotopic (exact) mass is 266 g/mol. The second-order valence-electron chi connectivity index (χ2n) is 3.59. The van der Waals surface area contributed by atoms with Gasteiger partial charge in [-0.05, 0) is 13.0 Å². The van der Waals surface area contributed by atoms with Gasteiger partial charge in [0.2, 0.25) is 5.91 Å². The van der Waals surface area contributed by atoms with E-state index in [1.54, 1.807) is 0 Å². The van der Waals surface area contributed by atoms with Crippen molar-refractivity contribution in [3.05, 3.63) is 35.0 Å². The lowest BCUT2D eigenvalue weighted by atomic mass is 10.2. The van der Waals surface area contributed by atoms with Crippen molar-refractivity contribution >= 4 is 34.0 Å². The molecule has 0 radical (unpaired) electrons. The Kier molecular flexibility index (Phi) is 3.45. The van der Waals surface area contributed by atoms with E-state index >= 15 is 0 Å². The maximum atomic E-state index is 11.0. The highest BCUT2D eigenvalue weighted by Gasteiger charge is 2.12. The first kappa shape index (κ1) is 12.1. The summed E-state index contributed by atoms with van der Waals surface area (Å²) in [5.74, 6) is -0.121. The first-order valence-electron chi connectivity index (χ1n) is 5.08. The molecule has 1 aromatic heterocycles. The lowest BCUT2D eigenvalue weighted by molar-refractivity contribution is -0.114. The molecule has 1 N–H and O–H groups in total. The van der Waals surface area contributed by atoms with E-state index in [-0.39, 0.29) is 5.91 Å². The smallest absolute Gasteiger partial charge is 0.223 e. The van der Waals surface area contributed by atoms with Gasteiger partial charge in [0, 0.05) is 17.5 Å². The number of aromatic nitrogens is 1. The number of hydrogen-bond acceptors (Lipinski definition) is 3. The number of amides is 1. The van der Waals surface area contributed by atoms with E-state index in [1.165, 1.54) is 18.3 Å². The predicted octanol–water partition coefficient (Wildman–Crippen LogP) is 3.73. The lowest BCUT2D eigenvalue weighted by Gasteiger charge is -2.00. The maximum absolute atomic E-state index is 11.0. The molecule has 1 heterocycles. The third kappa shape index (κ3) is 2.65. The van der Waals surface area contributed by atoms with Crippen LogP contribution in [0.5, 0.6) is 0 Å². The number of carbonyl (C=O) groups is 1. The molecule has 1 amide bonds. The van der Waals surface area contributed by atoms with Gasteiger partial charge in [0.1, 0.15) is 0 Å². The van der Waals surface area contributed by atoms with Crippen LogP contribution in [-0.2, 0) is 4.79 Å². The maximum Gasteiger partial charge on any atom is 0.223 e. The molecule has 0 unspecified atom stereocenters.